The molecule has 10 heteroatoms. The van der Waals surface area contributed by atoms with Gasteiger partial charge in [-0.2, -0.15) is 5.10 Å². The molecule has 1 fully saturated rings. The number of morpholine rings is 1. The molecule has 1 aliphatic rings. The van der Waals surface area contributed by atoms with Gasteiger partial charge in [-0.25, -0.2) is 9.78 Å². The van der Waals surface area contributed by atoms with Crippen molar-refractivity contribution in [1.29, 1.82) is 0 Å². The maximum absolute atomic E-state index is 12.6. The summed E-state index contributed by atoms with van der Waals surface area (Å²) in [6.07, 6.45) is 0.611. The van der Waals surface area contributed by atoms with Crippen molar-refractivity contribution in [1.82, 2.24) is 14.8 Å². The molecule has 218 valence electrons. The molecule has 5 aromatic rings. The SMILES string of the molecule is Cc1cc2nc(N3CCO[C@@H](c4ccc5c(cnn5C)c4)C3)sc2c(-c2ccc(Cl)cc2)c1[C@H](OC(C)(C)C)C(=O)O. The summed E-state index contributed by atoms with van der Waals surface area (Å²) in [5.74, 6) is -1.03. The van der Waals surface area contributed by atoms with Crippen LogP contribution >= 0.6 is 22.9 Å². The highest BCUT2D eigenvalue weighted by Crippen LogP contribution is 2.45. The van der Waals surface area contributed by atoms with Crippen molar-refractivity contribution in [3.8, 4) is 11.1 Å². The highest BCUT2D eigenvalue weighted by atomic mass is 35.5. The van der Waals surface area contributed by atoms with Crippen LogP contribution < -0.4 is 4.90 Å². The first-order chi connectivity index (χ1) is 20.0. The molecule has 3 heterocycles. The lowest BCUT2D eigenvalue weighted by Crippen LogP contribution is -2.38. The Morgan fingerprint density at radius 3 is 2.67 bits per heavy atom. The van der Waals surface area contributed by atoms with Crippen molar-refractivity contribution < 1.29 is 19.4 Å². The Hall–Kier alpha value is -3.50. The Labute approximate surface area is 253 Å². The molecule has 0 saturated carbocycles. The second-order valence-electron chi connectivity index (χ2n) is 11.7. The molecular weight excluding hydrogens is 572 g/mol. The number of rotatable bonds is 6. The second kappa shape index (κ2) is 11.0. The van der Waals surface area contributed by atoms with E-state index in [9.17, 15) is 9.90 Å². The molecule has 2 atom stereocenters. The first-order valence-corrected chi connectivity index (χ1v) is 15.1. The van der Waals surface area contributed by atoms with Gasteiger partial charge >= 0.3 is 5.97 Å². The predicted octanol–water partition coefficient (Wildman–Crippen LogP) is 7.33. The second-order valence-corrected chi connectivity index (χ2v) is 13.1. The molecule has 1 aliphatic heterocycles. The van der Waals surface area contributed by atoms with Gasteiger partial charge in [0.15, 0.2) is 11.2 Å². The average Bonchev–Trinajstić information content (AvgIpc) is 3.54. The number of hydrogen-bond acceptors (Lipinski definition) is 7. The van der Waals surface area contributed by atoms with Crippen LogP contribution in [0.2, 0.25) is 5.02 Å². The fourth-order valence-corrected chi connectivity index (χ4v) is 6.86. The molecule has 0 radical (unpaired) electrons. The quantitative estimate of drug-likeness (QED) is 0.217. The first kappa shape index (κ1) is 28.6. The molecule has 0 spiro atoms. The molecular formula is C32H33ClN4O4S. The Morgan fingerprint density at radius 2 is 1.95 bits per heavy atom. The van der Waals surface area contributed by atoms with Gasteiger partial charge in [0.05, 0.1) is 40.7 Å². The van der Waals surface area contributed by atoms with E-state index < -0.39 is 17.7 Å². The third-order valence-electron chi connectivity index (χ3n) is 7.49. The molecule has 0 amide bonds. The minimum absolute atomic E-state index is 0.111. The van der Waals surface area contributed by atoms with E-state index in [4.69, 9.17) is 26.1 Å². The number of fused-ring (bicyclic) bond motifs is 2. The highest BCUT2D eigenvalue weighted by Gasteiger charge is 2.33. The zero-order valence-electron chi connectivity index (χ0n) is 24.2. The van der Waals surface area contributed by atoms with Gasteiger partial charge in [-0.05, 0) is 74.7 Å². The lowest BCUT2D eigenvalue weighted by atomic mass is 9.91. The van der Waals surface area contributed by atoms with Gasteiger partial charge < -0.3 is 19.5 Å². The van der Waals surface area contributed by atoms with E-state index >= 15 is 0 Å². The van der Waals surface area contributed by atoms with E-state index in [-0.39, 0.29) is 6.10 Å². The van der Waals surface area contributed by atoms with Crippen molar-refractivity contribution in [3.05, 3.63) is 76.4 Å². The zero-order valence-corrected chi connectivity index (χ0v) is 25.8. The van der Waals surface area contributed by atoms with Crippen molar-refractivity contribution in [2.24, 2.45) is 7.05 Å². The van der Waals surface area contributed by atoms with Crippen molar-refractivity contribution >= 4 is 55.2 Å². The number of aryl methyl sites for hydroxylation is 2. The van der Waals surface area contributed by atoms with E-state index in [2.05, 4.69) is 28.2 Å². The smallest absolute Gasteiger partial charge is 0.337 e. The minimum Gasteiger partial charge on any atom is -0.479 e. The number of hydrogen-bond donors (Lipinski definition) is 1. The lowest BCUT2D eigenvalue weighted by Gasteiger charge is -2.33. The number of benzene rings is 3. The normalized spacial score (nSPS) is 16.8. The number of ether oxygens (including phenoxy) is 2. The summed E-state index contributed by atoms with van der Waals surface area (Å²) < 4.78 is 15.1. The number of thiazole rings is 1. The number of carboxylic acid groups (broad SMARTS) is 1. The summed E-state index contributed by atoms with van der Waals surface area (Å²) >= 11 is 7.81. The van der Waals surface area contributed by atoms with Crippen LogP contribution in [0, 0.1) is 6.92 Å². The maximum atomic E-state index is 12.6. The maximum Gasteiger partial charge on any atom is 0.337 e. The number of carboxylic acids is 1. The Kier molecular flexibility index (Phi) is 7.47. The van der Waals surface area contributed by atoms with Gasteiger partial charge in [-0.15, -0.1) is 0 Å². The monoisotopic (exact) mass is 604 g/mol. The van der Waals surface area contributed by atoms with Crippen LogP contribution in [-0.2, 0) is 21.3 Å². The van der Waals surface area contributed by atoms with Crippen LogP contribution in [0.5, 0.6) is 0 Å². The Morgan fingerprint density at radius 1 is 1.19 bits per heavy atom. The molecule has 3 aromatic carbocycles. The minimum atomic E-state index is -1.15. The third kappa shape index (κ3) is 5.49. The van der Waals surface area contributed by atoms with Gasteiger partial charge in [0.2, 0.25) is 0 Å². The molecule has 42 heavy (non-hydrogen) atoms. The largest absolute Gasteiger partial charge is 0.479 e. The van der Waals surface area contributed by atoms with Gasteiger partial charge in [-0.3, -0.25) is 4.68 Å². The van der Waals surface area contributed by atoms with E-state index in [0.717, 1.165) is 48.5 Å². The summed E-state index contributed by atoms with van der Waals surface area (Å²) in [7, 11) is 1.94. The number of aliphatic carboxylic acids is 1. The molecule has 0 aliphatic carbocycles. The molecule has 6 rings (SSSR count). The zero-order chi connectivity index (χ0) is 29.8. The van der Waals surface area contributed by atoms with Crippen LogP contribution in [-0.4, -0.2) is 51.1 Å². The van der Waals surface area contributed by atoms with Crippen LogP contribution in [0.3, 0.4) is 0 Å². The van der Waals surface area contributed by atoms with Gasteiger partial charge in [0, 0.05) is 35.1 Å². The number of aromatic nitrogens is 3. The Bertz CT molecular complexity index is 1790. The van der Waals surface area contributed by atoms with E-state index in [1.165, 1.54) is 0 Å². The van der Waals surface area contributed by atoms with E-state index in [1.54, 1.807) is 11.3 Å². The van der Waals surface area contributed by atoms with Crippen molar-refractivity contribution in [2.45, 2.75) is 45.5 Å². The van der Waals surface area contributed by atoms with E-state index in [1.807, 2.05) is 76.0 Å². The van der Waals surface area contributed by atoms with Gasteiger partial charge in [0.25, 0.3) is 0 Å². The number of halogens is 1. The number of anilines is 1. The van der Waals surface area contributed by atoms with Crippen LogP contribution in [0.1, 0.15) is 49.7 Å². The van der Waals surface area contributed by atoms with Crippen LogP contribution in [0.4, 0.5) is 5.13 Å². The van der Waals surface area contributed by atoms with Crippen LogP contribution in [0.25, 0.3) is 32.2 Å². The standard InChI is InChI=1S/C32H33ClN4O4S/c1-18-14-23-29(27(19-6-9-22(33)10-7-19)26(18)28(30(38)39)41-32(2,3)4)42-31(35-23)37-12-13-40-25(17-37)20-8-11-24-21(15-20)16-34-36(24)5/h6-11,14-16,25,28H,12-13,17H2,1-5H3,(H,38,39)/t25-,28+/m1/s1. The molecule has 1 saturated heterocycles. The summed E-state index contributed by atoms with van der Waals surface area (Å²) in [6.45, 7) is 9.45. The van der Waals surface area contributed by atoms with Crippen molar-refractivity contribution in [2.75, 3.05) is 24.6 Å². The summed E-state index contributed by atoms with van der Waals surface area (Å²) in [5, 5.41) is 17.3. The van der Waals surface area contributed by atoms with E-state index in [0.29, 0.717) is 30.3 Å². The van der Waals surface area contributed by atoms with Gasteiger partial charge in [-0.1, -0.05) is 41.1 Å². The predicted molar refractivity (Wildman–Crippen MR) is 168 cm³/mol. The van der Waals surface area contributed by atoms with Crippen LogP contribution in [0.15, 0.2) is 54.7 Å². The summed E-state index contributed by atoms with van der Waals surface area (Å²) in [5.41, 5.74) is 5.46. The molecule has 8 nitrogen and oxygen atoms in total. The highest BCUT2D eigenvalue weighted by molar-refractivity contribution is 7.22. The third-order valence-corrected chi connectivity index (χ3v) is 8.89. The molecule has 0 bridgehead atoms. The molecule has 0 unspecified atom stereocenters. The number of carbonyl (C=O) groups is 1. The Balaban J connectivity index is 1.44. The summed E-state index contributed by atoms with van der Waals surface area (Å²) in [4.78, 5) is 19.9. The molecule has 2 aromatic heterocycles. The average molecular weight is 605 g/mol. The number of nitrogens with zero attached hydrogens (tertiary/aromatic N) is 4. The summed E-state index contributed by atoms with van der Waals surface area (Å²) in [6, 6.07) is 15.8. The molecule has 1 N–H and O–H groups in total. The van der Waals surface area contributed by atoms with Crippen molar-refractivity contribution in [3.63, 3.8) is 0 Å². The van der Waals surface area contributed by atoms with Gasteiger partial charge in [0.1, 0.15) is 6.10 Å². The lowest BCUT2D eigenvalue weighted by molar-refractivity contribution is -0.160. The fourth-order valence-electron chi connectivity index (χ4n) is 5.57. The fraction of sp³-hybridized carbons (Fsp3) is 0.344. The topological polar surface area (TPSA) is 89.7 Å². The first-order valence-electron chi connectivity index (χ1n) is 13.9.